The third kappa shape index (κ3) is 92.3. The molecule has 52 valence electrons. The monoisotopic (exact) mass is 250 g/mol. The van der Waals surface area contributed by atoms with Gasteiger partial charge in [-0.25, -0.2) is 4.57 Å². The van der Waals surface area contributed by atoms with Crippen LogP contribution >= 0.6 is 7.82 Å². The van der Waals surface area contributed by atoms with E-state index in [1.165, 1.54) is 0 Å². The van der Waals surface area contributed by atoms with Gasteiger partial charge in [-0.3, -0.25) is 0 Å². The van der Waals surface area contributed by atoms with E-state index < -0.39 is 7.82 Å². The maximum absolute atomic E-state index is 8.88. The predicted molar refractivity (Wildman–Crippen MR) is 28.0 cm³/mol. The summed E-state index contributed by atoms with van der Waals surface area (Å²) in [5.41, 5.74) is 0. The van der Waals surface area contributed by atoms with Crippen LogP contribution in [0.25, 0.3) is 0 Å². The summed E-state index contributed by atoms with van der Waals surface area (Å²) in [5.74, 6) is 0. The number of rotatable bonds is 0. The van der Waals surface area contributed by atoms with E-state index in [0.29, 0.717) is 0 Å². The molecular weight excluding hydrogens is 246 g/mol. The normalized spacial score (nSPS) is 6.56. The Balaban J connectivity index is -0.00000000533. The maximum atomic E-state index is 8.88. The molecule has 0 aliphatic carbocycles. The molecule has 0 bridgehead atoms. The number of phosphoric acid groups is 1. The molecule has 0 saturated heterocycles. The Morgan fingerprint density at radius 3 is 1.00 bits per heavy atom. The maximum Gasteiger partial charge on any atom is 2.00 e. The average Bonchev–Trinajstić information content (AvgIpc) is 0.722. The molecule has 0 aromatic heterocycles. The van der Waals surface area contributed by atoms with Gasteiger partial charge >= 0.3 is 83.3 Å². The zero-order valence-electron chi connectivity index (χ0n) is 6.37. The Morgan fingerprint density at radius 2 is 1.00 bits per heavy atom. The largest absolute Gasteiger partial charge is 2.00 e. The van der Waals surface area contributed by atoms with Gasteiger partial charge in [-0.2, -0.15) is 0 Å². The predicted octanol–water partition coefficient (Wildman–Crippen LogP) is -7.46. The Morgan fingerprint density at radius 1 is 1.00 bits per heavy atom. The van der Waals surface area contributed by atoms with E-state index >= 15 is 0 Å². The molecule has 0 aliphatic heterocycles. The molecule has 4 nitrogen and oxygen atoms in total. The summed E-state index contributed by atoms with van der Waals surface area (Å²) >= 11 is 0. The second kappa shape index (κ2) is 13.8. The van der Waals surface area contributed by atoms with E-state index in [1.54, 1.807) is 0 Å². The molecule has 9 heavy (non-hydrogen) atoms. The second-order valence-electron chi connectivity index (χ2n) is 0.513. The van der Waals surface area contributed by atoms with Crippen LogP contribution in [-0.4, -0.2) is 90.2 Å². The van der Waals surface area contributed by atoms with E-state index in [-0.39, 0.29) is 103 Å². The van der Waals surface area contributed by atoms with Crippen LogP contribution in [0.1, 0.15) is 2.85 Å². The SMILES string of the molecule is O=P(O)(O)O.[Ca+2].[Ca+2].[Cl-].[Cl-].[H-].[H-]. The van der Waals surface area contributed by atoms with Crippen LogP contribution in [0.3, 0.4) is 0 Å². The van der Waals surface area contributed by atoms with Gasteiger partial charge in [0.15, 0.2) is 0 Å². The summed E-state index contributed by atoms with van der Waals surface area (Å²) < 4.78 is 8.88. The van der Waals surface area contributed by atoms with Crippen LogP contribution < -0.4 is 24.8 Å². The van der Waals surface area contributed by atoms with Crippen molar-refractivity contribution < 1.29 is 46.9 Å². The minimum Gasteiger partial charge on any atom is -1.00 e. The fraction of sp³-hybridized carbons (Fsp3) is 0. The number of halogens is 2. The number of hydrogen-bond acceptors (Lipinski definition) is 1. The van der Waals surface area contributed by atoms with Crippen molar-refractivity contribution in [2.45, 2.75) is 0 Å². The van der Waals surface area contributed by atoms with E-state index in [0.717, 1.165) is 0 Å². The third-order valence-electron chi connectivity index (χ3n) is 0. The summed E-state index contributed by atoms with van der Waals surface area (Å²) in [6.07, 6.45) is 0. The first kappa shape index (κ1) is 29.5. The minimum absolute atomic E-state index is 0. The van der Waals surface area contributed by atoms with Crippen molar-refractivity contribution in [3.63, 3.8) is 0 Å². The van der Waals surface area contributed by atoms with Crippen molar-refractivity contribution in [1.82, 2.24) is 0 Å². The van der Waals surface area contributed by atoms with Crippen molar-refractivity contribution >= 4 is 83.3 Å². The van der Waals surface area contributed by atoms with Crippen LogP contribution in [-0.2, 0) is 4.57 Å². The van der Waals surface area contributed by atoms with E-state index in [4.69, 9.17) is 19.2 Å². The first-order chi connectivity index (χ1) is 2.00. The molecule has 0 aromatic rings. The molecule has 0 fully saturated rings. The molecule has 0 rings (SSSR count). The van der Waals surface area contributed by atoms with E-state index in [1.807, 2.05) is 0 Å². The van der Waals surface area contributed by atoms with Crippen LogP contribution in [0.4, 0.5) is 0 Å². The van der Waals surface area contributed by atoms with Crippen molar-refractivity contribution in [3.05, 3.63) is 0 Å². The van der Waals surface area contributed by atoms with Crippen molar-refractivity contribution in [2.75, 3.05) is 0 Å². The minimum atomic E-state index is -4.64. The van der Waals surface area contributed by atoms with Gasteiger partial charge in [0.1, 0.15) is 0 Å². The van der Waals surface area contributed by atoms with Gasteiger partial charge in [0.2, 0.25) is 0 Å². The van der Waals surface area contributed by atoms with E-state index in [9.17, 15) is 0 Å². The summed E-state index contributed by atoms with van der Waals surface area (Å²) in [4.78, 5) is 21.6. The van der Waals surface area contributed by atoms with Crippen LogP contribution in [0.2, 0.25) is 0 Å². The Bertz CT molecular complexity index is 70.2. The van der Waals surface area contributed by atoms with Crippen molar-refractivity contribution in [2.24, 2.45) is 0 Å². The third-order valence-corrected chi connectivity index (χ3v) is 0. The van der Waals surface area contributed by atoms with Gasteiger partial charge in [-0.15, -0.1) is 0 Å². The quantitative estimate of drug-likeness (QED) is 0.295. The van der Waals surface area contributed by atoms with Crippen molar-refractivity contribution in [1.29, 1.82) is 0 Å². The Hall–Kier alpha value is 3.21. The molecule has 0 atom stereocenters. The zero-order valence-corrected chi connectivity index (χ0v) is 11.2. The molecule has 0 saturated carbocycles. The topological polar surface area (TPSA) is 77.8 Å². The fourth-order valence-corrected chi connectivity index (χ4v) is 0. The van der Waals surface area contributed by atoms with Crippen LogP contribution in [0, 0.1) is 0 Å². The average molecular weight is 251 g/mol. The molecular formula is H5Ca2Cl2O4P. The Kier molecular flexibility index (Phi) is 45.2. The van der Waals surface area contributed by atoms with E-state index in [2.05, 4.69) is 0 Å². The molecule has 3 N–H and O–H groups in total. The number of hydrogen-bond donors (Lipinski definition) is 3. The van der Waals surface area contributed by atoms with Gasteiger partial charge in [0.05, 0.1) is 0 Å². The smallest absolute Gasteiger partial charge is 1.00 e. The molecule has 0 aliphatic rings. The molecule has 0 unspecified atom stereocenters. The first-order valence-corrected chi connectivity index (χ1v) is 2.35. The molecule has 0 radical (unpaired) electrons. The summed E-state index contributed by atoms with van der Waals surface area (Å²) in [6, 6.07) is 0. The van der Waals surface area contributed by atoms with Crippen LogP contribution in [0.5, 0.6) is 0 Å². The van der Waals surface area contributed by atoms with Gasteiger partial charge < -0.3 is 42.3 Å². The first-order valence-electron chi connectivity index (χ1n) is 0.783. The zero-order chi connectivity index (χ0) is 4.50. The standard InChI is InChI=1S/2Ca.2ClH.H3O4P.2H/c;;;;1-5(2,3)4;;/h;;2*1H;(H3,1,2,3,4);;/q2*+2;;;;2*-1/p-2. The van der Waals surface area contributed by atoms with Crippen LogP contribution in [0.15, 0.2) is 0 Å². The van der Waals surface area contributed by atoms with Gasteiger partial charge in [-0.05, 0) is 0 Å². The van der Waals surface area contributed by atoms with Crippen molar-refractivity contribution in [3.8, 4) is 0 Å². The molecule has 9 heteroatoms. The second-order valence-corrected chi connectivity index (χ2v) is 1.54. The fourth-order valence-electron chi connectivity index (χ4n) is 0. The van der Waals surface area contributed by atoms with Gasteiger partial charge in [0, 0.05) is 0 Å². The molecule has 0 heterocycles. The Labute approximate surface area is 128 Å². The van der Waals surface area contributed by atoms with Gasteiger partial charge in [-0.1, -0.05) is 0 Å². The van der Waals surface area contributed by atoms with Gasteiger partial charge in [0.25, 0.3) is 0 Å². The molecule has 0 aromatic carbocycles. The molecule has 0 spiro atoms. The summed E-state index contributed by atoms with van der Waals surface area (Å²) in [5, 5.41) is 0. The summed E-state index contributed by atoms with van der Waals surface area (Å²) in [7, 11) is -4.64. The summed E-state index contributed by atoms with van der Waals surface area (Å²) in [6.45, 7) is 0. The molecule has 0 amide bonds.